The normalized spacial score (nSPS) is 9.83. The molecule has 1 heterocycles. The highest BCUT2D eigenvalue weighted by atomic mass is 35.5. The van der Waals surface area contributed by atoms with Gasteiger partial charge in [-0.3, -0.25) is 9.89 Å². The van der Waals surface area contributed by atoms with Gasteiger partial charge in [0.05, 0.1) is 17.6 Å². The van der Waals surface area contributed by atoms with Crippen LogP contribution >= 0.6 is 11.6 Å². The fraction of sp³-hybridized carbons (Fsp3) is 0.429. The fourth-order valence-corrected chi connectivity index (χ4v) is 0.941. The van der Waals surface area contributed by atoms with Gasteiger partial charge in [0.25, 0.3) is 0 Å². The molecule has 0 fully saturated rings. The third-order valence-corrected chi connectivity index (χ3v) is 1.71. The molecule has 4 nitrogen and oxygen atoms in total. The topological polar surface area (TPSA) is 57.8 Å². The third-order valence-electron chi connectivity index (χ3n) is 1.47. The van der Waals surface area contributed by atoms with E-state index in [2.05, 4.69) is 15.5 Å². The van der Waals surface area contributed by atoms with Crippen molar-refractivity contribution in [1.82, 2.24) is 10.2 Å². The number of aromatic amines is 1. The van der Waals surface area contributed by atoms with Crippen molar-refractivity contribution in [3.05, 3.63) is 11.9 Å². The van der Waals surface area contributed by atoms with Gasteiger partial charge >= 0.3 is 0 Å². The Hall–Kier alpha value is -1.03. The van der Waals surface area contributed by atoms with E-state index >= 15 is 0 Å². The van der Waals surface area contributed by atoms with Crippen molar-refractivity contribution in [2.24, 2.45) is 0 Å². The molecular weight excluding hydrogens is 178 g/mol. The summed E-state index contributed by atoms with van der Waals surface area (Å²) in [4.78, 5) is 10.9. The van der Waals surface area contributed by atoms with Gasteiger partial charge in [-0.2, -0.15) is 5.10 Å². The Morgan fingerprint density at radius 3 is 3.17 bits per heavy atom. The summed E-state index contributed by atoms with van der Waals surface area (Å²) in [5, 5.41) is 9.20. The van der Waals surface area contributed by atoms with E-state index in [4.69, 9.17) is 11.6 Å². The first-order valence-electron chi connectivity index (χ1n) is 3.66. The standard InChI is InChI=1S/C7H10ClN3O/c1-2-5-6(4-9-11-5)10-7(12)3-8/h4H,2-3H2,1H3,(H,9,11)(H,10,12). The number of amides is 1. The molecule has 0 atom stereocenters. The molecule has 0 aliphatic rings. The smallest absolute Gasteiger partial charge is 0.239 e. The van der Waals surface area contributed by atoms with E-state index in [0.29, 0.717) is 5.69 Å². The van der Waals surface area contributed by atoms with Crippen LogP contribution in [0.15, 0.2) is 6.20 Å². The van der Waals surface area contributed by atoms with E-state index in [-0.39, 0.29) is 11.8 Å². The van der Waals surface area contributed by atoms with Crippen LogP contribution in [0.4, 0.5) is 5.69 Å². The predicted octanol–water partition coefficient (Wildman–Crippen LogP) is 1.15. The number of carbonyl (C=O) groups is 1. The van der Waals surface area contributed by atoms with Crippen LogP contribution in [-0.2, 0) is 11.2 Å². The molecule has 12 heavy (non-hydrogen) atoms. The average Bonchev–Trinajstić information content (AvgIpc) is 2.51. The zero-order valence-electron chi connectivity index (χ0n) is 6.72. The molecule has 0 aliphatic carbocycles. The number of alkyl halides is 1. The lowest BCUT2D eigenvalue weighted by molar-refractivity contribution is -0.113. The van der Waals surface area contributed by atoms with Crippen LogP contribution in [0.1, 0.15) is 12.6 Å². The summed E-state index contributed by atoms with van der Waals surface area (Å²) < 4.78 is 0. The summed E-state index contributed by atoms with van der Waals surface area (Å²) >= 11 is 5.32. The number of H-pyrrole nitrogens is 1. The van der Waals surface area contributed by atoms with Gasteiger partial charge in [0.2, 0.25) is 5.91 Å². The molecule has 1 rings (SSSR count). The Balaban J connectivity index is 2.68. The summed E-state index contributed by atoms with van der Waals surface area (Å²) in [5.74, 6) is -0.248. The van der Waals surface area contributed by atoms with Crippen LogP contribution in [0.5, 0.6) is 0 Å². The SMILES string of the molecule is CCc1[nH]ncc1NC(=O)CCl. The van der Waals surface area contributed by atoms with Crippen molar-refractivity contribution in [3.8, 4) is 0 Å². The monoisotopic (exact) mass is 187 g/mol. The molecule has 2 N–H and O–H groups in total. The Labute approximate surface area is 75.3 Å². The Bertz CT molecular complexity index is 271. The number of carbonyl (C=O) groups excluding carboxylic acids is 1. The lowest BCUT2D eigenvalue weighted by Gasteiger charge is -2.00. The highest BCUT2D eigenvalue weighted by Crippen LogP contribution is 2.11. The minimum absolute atomic E-state index is 0.0334. The maximum absolute atomic E-state index is 10.9. The molecule has 1 aromatic heterocycles. The minimum Gasteiger partial charge on any atom is -0.322 e. The molecule has 1 aromatic rings. The molecule has 5 heteroatoms. The first-order chi connectivity index (χ1) is 5.77. The molecule has 0 aromatic carbocycles. The molecule has 0 saturated carbocycles. The lowest BCUT2D eigenvalue weighted by atomic mass is 10.3. The van der Waals surface area contributed by atoms with Gasteiger partial charge in [0.15, 0.2) is 0 Å². The van der Waals surface area contributed by atoms with Gasteiger partial charge in [0.1, 0.15) is 5.88 Å². The van der Waals surface area contributed by atoms with Crippen LogP contribution in [0.3, 0.4) is 0 Å². The van der Waals surface area contributed by atoms with Crippen molar-refractivity contribution >= 4 is 23.2 Å². The van der Waals surface area contributed by atoms with E-state index in [1.807, 2.05) is 6.92 Å². The molecule has 0 spiro atoms. The molecular formula is C7H10ClN3O. The number of aromatic nitrogens is 2. The second kappa shape index (κ2) is 4.11. The number of halogens is 1. The third kappa shape index (κ3) is 1.98. The molecule has 1 amide bonds. The number of aryl methyl sites for hydroxylation is 1. The van der Waals surface area contributed by atoms with Crippen molar-refractivity contribution in [2.45, 2.75) is 13.3 Å². The largest absolute Gasteiger partial charge is 0.322 e. The maximum Gasteiger partial charge on any atom is 0.239 e. The predicted molar refractivity (Wildman–Crippen MR) is 47.3 cm³/mol. The lowest BCUT2D eigenvalue weighted by Crippen LogP contribution is -2.13. The molecule has 0 saturated heterocycles. The molecule has 0 bridgehead atoms. The molecule has 66 valence electrons. The van der Waals surface area contributed by atoms with Crippen LogP contribution in [-0.4, -0.2) is 22.0 Å². The van der Waals surface area contributed by atoms with Crippen LogP contribution in [0, 0.1) is 0 Å². The van der Waals surface area contributed by atoms with Crippen molar-refractivity contribution < 1.29 is 4.79 Å². The van der Waals surface area contributed by atoms with E-state index in [9.17, 15) is 4.79 Å². The Morgan fingerprint density at radius 2 is 2.58 bits per heavy atom. The highest BCUT2D eigenvalue weighted by molar-refractivity contribution is 6.29. The number of hydrogen-bond donors (Lipinski definition) is 2. The van der Waals surface area contributed by atoms with Crippen LogP contribution < -0.4 is 5.32 Å². The average molecular weight is 188 g/mol. The van der Waals surface area contributed by atoms with E-state index < -0.39 is 0 Å². The Morgan fingerprint density at radius 1 is 1.83 bits per heavy atom. The minimum atomic E-state index is -0.215. The number of nitrogens with zero attached hydrogens (tertiary/aromatic N) is 1. The van der Waals surface area contributed by atoms with Crippen molar-refractivity contribution in [1.29, 1.82) is 0 Å². The van der Waals surface area contributed by atoms with E-state index in [1.54, 1.807) is 6.20 Å². The molecule has 0 unspecified atom stereocenters. The number of anilines is 1. The van der Waals surface area contributed by atoms with Gasteiger partial charge in [0, 0.05) is 0 Å². The van der Waals surface area contributed by atoms with E-state index in [1.165, 1.54) is 0 Å². The summed E-state index contributed by atoms with van der Waals surface area (Å²) in [6.45, 7) is 1.98. The Kier molecular flexibility index (Phi) is 3.10. The quantitative estimate of drug-likeness (QED) is 0.698. The van der Waals surface area contributed by atoms with Gasteiger partial charge in [-0.15, -0.1) is 11.6 Å². The second-order valence-electron chi connectivity index (χ2n) is 2.30. The fourth-order valence-electron chi connectivity index (χ4n) is 0.874. The summed E-state index contributed by atoms with van der Waals surface area (Å²) in [5.41, 5.74) is 1.62. The summed E-state index contributed by atoms with van der Waals surface area (Å²) in [7, 11) is 0. The summed E-state index contributed by atoms with van der Waals surface area (Å²) in [6.07, 6.45) is 2.38. The van der Waals surface area contributed by atoms with Crippen LogP contribution in [0.25, 0.3) is 0 Å². The van der Waals surface area contributed by atoms with Gasteiger partial charge < -0.3 is 5.32 Å². The van der Waals surface area contributed by atoms with Gasteiger partial charge in [-0.1, -0.05) is 6.92 Å². The van der Waals surface area contributed by atoms with Gasteiger partial charge in [-0.25, -0.2) is 0 Å². The van der Waals surface area contributed by atoms with Crippen molar-refractivity contribution in [2.75, 3.05) is 11.2 Å². The first-order valence-corrected chi connectivity index (χ1v) is 4.19. The number of nitrogens with one attached hydrogen (secondary N) is 2. The van der Waals surface area contributed by atoms with Crippen LogP contribution in [0.2, 0.25) is 0 Å². The first kappa shape index (κ1) is 9.06. The van der Waals surface area contributed by atoms with E-state index in [0.717, 1.165) is 12.1 Å². The highest BCUT2D eigenvalue weighted by Gasteiger charge is 2.05. The second-order valence-corrected chi connectivity index (χ2v) is 2.56. The zero-order valence-corrected chi connectivity index (χ0v) is 7.48. The molecule has 0 aliphatic heterocycles. The van der Waals surface area contributed by atoms with Crippen molar-refractivity contribution in [3.63, 3.8) is 0 Å². The number of rotatable bonds is 3. The summed E-state index contributed by atoms with van der Waals surface area (Å²) in [6, 6.07) is 0. The molecule has 0 radical (unpaired) electrons. The number of hydrogen-bond acceptors (Lipinski definition) is 2. The zero-order chi connectivity index (χ0) is 8.97. The maximum atomic E-state index is 10.9. The van der Waals surface area contributed by atoms with Gasteiger partial charge in [-0.05, 0) is 6.42 Å².